The molecule has 0 aromatic carbocycles. The van der Waals surface area contributed by atoms with Crippen LogP contribution in [0.2, 0.25) is 0 Å². The van der Waals surface area contributed by atoms with Crippen molar-refractivity contribution in [2.24, 2.45) is 0 Å². The largest absolute Gasteiger partial charge is 0.378 e. The van der Waals surface area contributed by atoms with Gasteiger partial charge in [-0.05, 0) is 39.5 Å². The zero-order valence-corrected chi connectivity index (χ0v) is 13.4. The standard InChI is InChI=1S/C14H23N3O3S/c1-11-14(16-8-7-15-11)12(2)17-21(18,19)10-6-13-5-3-4-9-20-13/h7-8,12-13,17H,3-6,9-10H2,1-2H3/t12-,13?/m1/s1. The van der Waals surface area contributed by atoms with Crippen molar-refractivity contribution in [3.63, 3.8) is 0 Å². The lowest BCUT2D eigenvalue weighted by Crippen LogP contribution is -2.32. The Morgan fingerprint density at radius 3 is 2.81 bits per heavy atom. The van der Waals surface area contributed by atoms with Gasteiger partial charge >= 0.3 is 0 Å². The number of hydrogen-bond acceptors (Lipinski definition) is 5. The number of ether oxygens (including phenoxy) is 1. The predicted molar refractivity (Wildman–Crippen MR) is 80.3 cm³/mol. The van der Waals surface area contributed by atoms with Gasteiger partial charge in [0, 0.05) is 19.0 Å². The van der Waals surface area contributed by atoms with Crippen LogP contribution >= 0.6 is 0 Å². The molecule has 2 rings (SSSR count). The lowest BCUT2D eigenvalue weighted by Gasteiger charge is -2.23. The van der Waals surface area contributed by atoms with Gasteiger partial charge in [0.1, 0.15) is 0 Å². The minimum absolute atomic E-state index is 0.0730. The third-order valence-electron chi connectivity index (χ3n) is 3.67. The summed E-state index contributed by atoms with van der Waals surface area (Å²) in [5.74, 6) is 0.0846. The summed E-state index contributed by atoms with van der Waals surface area (Å²) in [4.78, 5) is 8.33. The van der Waals surface area contributed by atoms with Gasteiger partial charge in [-0.15, -0.1) is 0 Å². The first-order valence-electron chi connectivity index (χ1n) is 7.37. The monoisotopic (exact) mass is 313 g/mol. The summed E-state index contributed by atoms with van der Waals surface area (Å²) >= 11 is 0. The first-order chi connectivity index (χ1) is 9.98. The molecule has 118 valence electrons. The third-order valence-corrected chi connectivity index (χ3v) is 5.15. The van der Waals surface area contributed by atoms with Crippen LogP contribution in [0.1, 0.15) is 50.0 Å². The molecule has 1 saturated heterocycles. The van der Waals surface area contributed by atoms with Crippen LogP contribution in [0.3, 0.4) is 0 Å². The van der Waals surface area contributed by atoms with E-state index in [9.17, 15) is 8.42 Å². The molecule has 0 bridgehead atoms. The van der Waals surface area contributed by atoms with Crippen LogP contribution in [-0.4, -0.2) is 36.8 Å². The van der Waals surface area contributed by atoms with Gasteiger partial charge in [-0.3, -0.25) is 9.97 Å². The van der Waals surface area contributed by atoms with E-state index in [2.05, 4.69) is 14.7 Å². The minimum atomic E-state index is -3.34. The fraction of sp³-hybridized carbons (Fsp3) is 0.714. The highest BCUT2D eigenvalue weighted by Gasteiger charge is 2.21. The Morgan fingerprint density at radius 2 is 2.14 bits per heavy atom. The first-order valence-corrected chi connectivity index (χ1v) is 9.02. The second kappa shape index (κ2) is 7.29. The van der Waals surface area contributed by atoms with Crippen LogP contribution in [0.5, 0.6) is 0 Å². The van der Waals surface area contributed by atoms with Gasteiger partial charge in [-0.1, -0.05) is 0 Å². The van der Waals surface area contributed by atoms with Gasteiger partial charge < -0.3 is 4.74 Å². The average molecular weight is 313 g/mol. The summed E-state index contributed by atoms with van der Waals surface area (Å²) in [6.45, 7) is 4.35. The van der Waals surface area contributed by atoms with Gasteiger partial charge in [0.2, 0.25) is 10.0 Å². The molecule has 0 saturated carbocycles. The van der Waals surface area contributed by atoms with Crippen molar-refractivity contribution in [1.29, 1.82) is 0 Å². The summed E-state index contributed by atoms with van der Waals surface area (Å²) in [6, 6.07) is -0.379. The van der Waals surface area contributed by atoms with Crippen LogP contribution in [0, 0.1) is 6.92 Å². The van der Waals surface area contributed by atoms with E-state index in [1.165, 1.54) is 0 Å². The van der Waals surface area contributed by atoms with E-state index in [1.807, 2.05) is 6.92 Å². The molecule has 0 aliphatic carbocycles. The molecule has 1 fully saturated rings. The highest BCUT2D eigenvalue weighted by molar-refractivity contribution is 7.89. The Hall–Kier alpha value is -1.05. The second-order valence-electron chi connectivity index (χ2n) is 5.46. The number of rotatable bonds is 6. The highest BCUT2D eigenvalue weighted by Crippen LogP contribution is 2.17. The molecule has 0 spiro atoms. The highest BCUT2D eigenvalue weighted by atomic mass is 32.2. The van der Waals surface area contributed by atoms with Crippen LogP contribution in [0.4, 0.5) is 0 Å². The quantitative estimate of drug-likeness (QED) is 0.865. The molecule has 2 heterocycles. The van der Waals surface area contributed by atoms with Crippen LogP contribution < -0.4 is 4.72 Å². The van der Waals surface area contributed by atoms with Crippen LogP contribution in [-0.2, 0) is 14.8 Å². The molecule has 1 N–H and O–H groups in total. The molecular formula is C14H23N3O3S. The number of aromatic nitrogens is 2. The van der Waals surface area contributed by atoms with E-state index in [0.717, 1.165) is 31.6 Å². The molecule has 7 heteroatoms. The van der Waals surface area contributed by atoms with E-state index in [0.29, 0.717) is 12.1 Å². The smallest absolute Gasteiger partial charge is 0.212 e. The number of aryl methyl sites for hydroxylation is 1. The maximum atomic E-state index is 12.2. The van der Waals surface area contributed by atoms with E-state index in [1.54, 1.807) is 19.3 Å². The topological polar surface area (TPSA) is 81.2 Å². The Bertz CT molecular complexity index is 556. The van der Waals surface area contributed by atoms with Gasteiger partial charge in [0.05, 0.1) is 29.3 Å². The van der Waals surface area contributed by atoms with E-state index >= 15 is 0 Å². The zero-order chi connectivity index (χ0) is 15.3. The maximum Gasteiger partial charge on any atom is 0.212 e. The number of sulfonamides is 1. The van der Waals surface area contributed by atoms with Crippen molar-refractivity contribution < 1.29 is 13.2 Å². The fourth-order valence-corrected chi connectivity index (χ4v) is 3.89. The number of nitrogens with zero attached hydrogens (tertiary/aromatic N) is 2. The third kappa shape index (κ3) is 5.01. The molecule has 1 aromatic heterocycles. The van der Waals surface area contributed by atoms with Crippen molar-refractivity contribution in [2.75, 3.05) is 12.4 Å². The summed E-state index contributed by atoms with van der Waals surface area (Å²) in [5.41, 5.74) is 1.40. The second-order valence-corrected chi connectivity index (χ2v) is 7.34. The van der Waals surface area contributed by atoms with Gasteiger partial charge in [-0.25, -0.2) is 13.1 Å². The fourth-order valence-electron chi connectivity index (χ4n) is 2.55. The molecule has 0 radical (unpaired) electrons. The van der Waals surface area contributed by atoms with Crippen molar-refractivity contribution in [3.8, 4) is 0 Å². The number of hydrogen-bond donors (Lipinski definition) is 1. The summed E-state index contributed by atoms with van der Waals surface area (Å²) in [5, 5.41) is 0. The van der Waals surface area contributed by atoms with E-state index in [4.69, 9.17) is 4.74 Å². The van der Waals surface area contributed by atoms with Gasteiger partial charge in [0.15, 0.2) is 0 Å². The minimum Gasteiger partial charge on any atom is -0.378 e. The Morgan fingerprint density at radius 1 is 1.38 bits per heavy atom. The van der Waals surface area contributed by atoms with Crippen molar-refractivity contribution >= 4 is 10.0 Å². The molecule has 1 aliphatic heterocycles. The molecule has 1 aliphatic rings. The normalized spacial score (nSPS) is 21.1. The lowest BCUT2D eigenvalue weighted by atomic mass is 10.1. The number of nitrogens with one attached hydrogen (secondary N) is 1. The summed E-state index contributed by atoms with van der Waals surface area (Å²) in [7, 11) is -3.34. The van der Waals surface area contributed by atoms with Crippen molar-refractivity contribution in [2.45, 2.75) is 51.7 Å². The summed E-state index contributed by atoms with van der Waals surface area (Å²) in [6.07, 6.45) is 6.93. The summed E-state index contributed by atoms with van der Waals surface area (Å²) < 4.78 is 32.5. The molecular weight excluding hydrogens is 290 g/mol. The van der Waals surface area contributed by atoms with E-state index in [-0.39, 0.29) is 17.9 Å². The molecule has 1 unspecified atom stereocenters. The molecule has 6 nitrogen and oxygen atoms in total. The maximum absolute atomic E-state index is 12.2. The SMILES string of the molecule is Cc1nccnc1[C@@H](C)NS(=O)(=O)CCC1CCCCO1. The van der Waals surface area contributed by atoms with Crippen LogP contribution in [0.25, 0.3) is 0 Å². The van der Waals surface area contributed by atoms with E-state index < -0.39 is 10.0 Å². The van der Waals surface area contributed by atoms with Gasteiger partial charge in [0.25, 0.3) is 0 Å². The Balaban J connectivity index is 1.89. The average Bonchev–Trinajstić information content (AvgIpc) is 2.46. The molecule has 2 atom stereocenters. The first kappa shape index (κ1) is 16.3. The molecule has 1 aromatic rings. The lowest BCUT2D eigenvalue weighted by molar-refractivity contribution is 0.0147. The molecule has 21 heavy (non-hydrogen) atoms. The molecule has 0 amide bonds. The Kier molecular flexibility index (Phi) is 5.66. The van der Waals surface area contributed by atoms with Gasteiger partial charge in [-0.2, -0.15) is 0 Å². The van der Waals surface area contributed by atoms with Crippen LogP contribution in [0.15, 0.2) is 12.4 Å². The predicted octanol–water partition coefficient (Wildman–Crippen LogP) is 1.72. The Labute approximate surface area is 126 Å². The van der Waals surface area contributed by atoms with Crippen molar-refractivity contribution in [1.82, 2.24) is 14.7 Å². The zero-order valence-electron chi connectivity index (χ0n) is 12.6. The van der Waals surface area contributed by atoms with Crippen molar-refractivity contribution in [3.05, 3.63) is 23.8 Å².